The first-order valence-electron chi connectivity index (χ1n) is 3.82. The standard InChI is InChI=1S/C9H9N3/c1-2-10-9-7-11-8-5-3-4-6-12(8)9/h2-7H,1H3. The number of rotatable bonds is 1. The molecule has 0 bridgehead atoms. The Kier molecular flexibility index (Phi) is 1.63. The second kappa shape index (κ2) is 2.77. The Hall–Kier alpha value is -1.64. The Balaban J connectivity index is 2.70. The summed E-state index contributed by atoms with van der Waals surface area (Å²) in [6.45, 7) is 1.89. The van der Waals surface area contributed by atoms with Crippen molar-refractivity contribution >= 4 is 17.7 Å². The Morgan fingerprint density at radius 2 is 2.42 bits per heavy atom. The van der Waals surface area contributed by atoms with Gasteiger partial charge < -0.3 is 0 Å². The maximum absolute atomic E-state index is 4.19. The van der Waals surface area contributed by atoms with Crippen LogP contribution in [0.2, 0.25) is 0 Å². The van der Waals surface area contributed by atoms with Gasteiger partial charge in [0.1, 0.15) is 5.65 Å². The highest BCUT2D eigenvalue weighted by atomic mass is 15.1. The van der Waals surface area contributed by atoms with Crippen molar-refractivity contribution in [3.63, 3.8) is 0 Å². The molecule has 0 radical (unpaired) electrons. The first-order chi connectivity index (χ1) is 5.92. The molecule has 0 saturated carbocycles. The number of imidazole rings is 1. The van der Waals surface area contributed by atoms with E-state index in [0.29, 0.717) is 0 Å². The maximum atomic E-state index is 4.19. The summed E-state index contributed by atoms with van der Waals surface area (Å²) < 4.78 is 1.94. The molecule has 0 amide bonds. The number of pyridine rings is 1. The summed E-state index contributed by atoms with van der Waals surface area (Å²) in [5, 5.41) is 0. The third kappa shape index (κ3) is 0.993. The third-order valence-corrected chi connectivity index (χ3v) is 1.66. The molecule has 0 unspecified atom stereocenters. The minimum absolute atomic E-state index is 0.869. The summed E-state index contributed by atoms with van der Waals surface area (Å²) >= 11 is 0. The highest BCUT2D eigenvalue weighted by Crippen LogP contribution is 2.13. The van der Waals surface area contributed by atoms with Crippen LogP contribution in [0, 0.1) is 0 Å². The highest BCUT2D eigenvalue weighted by Gasteiger charge is 1.97. The summed E-state index contributed by atoms with van der Waals surface area (Å²) in [5.74, 6) is 0.869. The maximum Gasteiger partial charge on any atom is 0.156 e. The molecule has 0 fully saturated rings. The Bertz CT molecular complexity index is 414. The van der Waals surface area contributed by atoms with Gasteiger partial charge in [0.05, 0.1) is 6.20 Å². The smallest absolute Gasteiger partial charge is 0.156 e. The summed E-state index contributed by atoms with van der Waals surface area (Å²) in [5.41, 5.74) is 0.929. The van der Waals surface area contributed by atoms with Crippen LogP contribution < -0.4 is 0 Å². The SMILES string of the molecule is CC=Nc1cnc2ccccn12. The van der Waals surface area contributed by atoms with Crippen molar-refractivity contribution in [1.82, 2.24) is 9.38 Å². The molecule has 0 saturated heterocycles. The summed E-state index contributed by atoms with van der Waals surface area (Å²) in [4.78, 5) is 8.36. The van der Waals surface area contributed by atoms with E-state index in [1.165, 1.54) is 0 Å². The molecule has 3 heteroatoms. The van der Waals surface area contributed by atoms with Crippen LogP contribution in [0.1, 0.15) is 6.92 Å². The normalized spacial score (nSPS) is 11.4. The van der Waals surface area contributed by atoms with Gasteiger partial charge in [0, 0.05) is 12.4 Å². The van der Waals surface area contributed by atoms with E-state index in [-0.39, 0.29) is 0 Å². The Labute approximate surface area is 70.4 Å². The van der Waals surface area contributed by atoms with E-state index in [9.17, 15) is 0 Å². The van der Waals surface area contributed by atoms with E-state index in [4.69, 9.17) is 0 Å². The van der Waals surface area contributed by atoms with Crippen LogP contribution in [0.25, 0.3) is 5.65 Å². The molecule has 0 spiro atoms. The monoisotopic (exact) mass is 159 g/mol. The van der Waals surface area contributed by atoms with Crippen LogP contribution >= 0.6 is 0 Å². The fraction of sp³-hybridized carbons (Fsp3) is 0.111. The van der Waals surface area contributed by atoms with Crippen molar-refractivity contribution in [2.45, 2.75) is 6.92 Å². The van der Waals surface area contributed by atoms with E-state index in [2.05, 4.69) is 9.98 Å². The van der Waals surface area contributed by atoms with E-state index >= 15 is 0 Å². The molecule has 0 aliphatic rings. The largest absolute Gasteiger partial charge is 0.285 e. The summed E-state index contributed by atoms with van der Waals surface area (Å²) in [7, 11) is 0. The molecular formula is C9H9N3. The average Bonchev–Trinajstić information content (AvgIpc) is 2.50. The second-order valence-electron chi connectivity index (χ2n) is 2.43. The number of nitrogens with zero attached hydrogens (tertiary/aromatic N) is 3. The summed E-state index contributed by atoms with van der Waals surface area (Å²) in [6, 6.07) is 5.87. The molecule has 60 valence electrons. The van der Waals surface area contributed by atoms with Crippen molar-refractivity contribution in [3.05, 3.63) is 30.6 Å². The zero-order chi connectivity index (χ0) is 8.39. The molecule has 2 heterocycles. The number of aromatic nitrogens is 2. The van der Waals surface area contributed by atoms with Gasteiger partial charge in [-0.25, -0.2) is 9.98 Å². The lowest BCUT2D eigenvalue weighted by Crippen LogP contribution is -1.80. The molecule has 2 aromatic heterocycles. The van der Waals surface area contributed by atoms with Crippen LogP contribution in [0.4, 0.5) is 5.82 Å². The lowest BCUT2D eigenvalue weighted by Gasteiger charge is -1.92. The van der Waals surface area contributed by atoms with Gasteiger partial charge in [0.15, 0.2) is 5.82 Å². The van der Waals surface area contributed by atoms with Crippen LogP contribution in [-0.4, -0.2) is 15.6 Å². The fourth-order valence-corrected chi connectivity index (χ4v) is 1.15. The van der Waals surface area contributed by atoms with Gasteiger partial charge in [-0.05, 0) is 19.1 Å². The van der Waals surface area contributed by atoms with Gasteiger partial charge >= 0.3 is 0 Å². The zero-order valence-electron chi connectivity index (χ0n) is 6.81. The fourth-order valence-electron chi connectivity index (χ4n) is 1.15. The van der Waals surface area contributed by atoms with E-state index < -0.39 is 0 Å². The lowest BCUT2D eigenvalue weighted by atomic mass is 10.5. The second-order valence-corrected chi connectivity index (χ2v) is 2.43. The first kappa shape index (κ1) is 7.03. The lowest BCUT2D eigenvalue weighted by molar-refractivity contribution is 1.17. The molecule has 0 aromatic carbocycles. The molecule has 0 atom stereocenters. The van der Waals surface area contributed by atoms with Crippen molar-refractivity contribution in [3.8, 4) is 0 Å². The van der Waals surface area contributed by atoms with Crippen LogP contribution in [-0.2, 0) is 0 Å². The number of hydrogen-bond acceptors (Lipinski definition) is 2. The predicted octanol–water partition coefficient (Wildman–Crippen LogP) is 2.06. The molecule has 0 aliphatic carbocycles. The van der Waals surface area contributed by atoms with Gasteiger partial charge in [-0.2, -0.15) is 0 Å². The molecular weight excluding hydrogens is 150 g/mol. The molecule has 3 nitrogen and oxygen atoms in total. The summed E-state index contributed by atoms with van der Waals surface area (Å²) in [6.07, 6.45) is 5.47. The number of aliphatic imine (C=N–C) groups is 1. The van der Waals surface area contributed by atoms with Crippen LogP contribution in [0.5, 0.6) is 0 Å². The minimum Gasteiger partial charge on any atom is -0.285 e. The van der Waals surface area contributed by atoms with Crippen molar-refractivity contribution < 1.29 is 0 Å². The first-order valence-corrected chi connectivity index (χ1v) is 3.82. The quantitative estimate of drug-likeness (QED) is 0.585. The molecule has 12 heavy (non-hydrogen) atoms. The van der Waals surface area contributed by atoms with Gasteiger partial charge in [0.25, 0.3) is 0 Å². The Morgan fingerprint density at radius 3 is 3.25 bits per heavy atom. The average molecular weight is 159 g/mol. The topological polar surface area (TPSA) is 29.7 Å². The van der Waals surface area contributed by atoms with Gasteiger partial charge in [-0.3, -0.25) is 4.40 Å². The Morgan fingerprint density at radius 1 is 1.50 bits per heavy atom. The van der Waals surface area contributed by atoms with Crippen molar-refractivity contribution in [2.24, 2.45) is 4.99 Å². The van der Waals surface area contributed by atoms with Crippen LogP contribution in [0.15, 0.2) is 35.6 Å². The van der Waals surface area contributed by atoms with E-state index in [1.807, 2.05) is 35.7 Å². The van der Waals surface area contributed by atoms with E-state index in [1.54, 1.807) is 12.4 Å². The number of fused-ring (bicyclic) bond motifs is 1. The molecule has 0 aliphatic heterocycles. The minimum atomic E-state index is 0.869. The van der Waals surface area contributed by atoms with Crippen molar-refractivity contribution in [1.29, 1.82) is 0 Å². The van der Waals surface area contributed by atoms with Gasteiger partial charge in [-0.1, -0.05) is 6.07 Å². The predicted molar refractivity (Wildman–Crippen MR) is 49.0 cm³/mol. The zero-order valence-corrected chi connectivity index (χ0v) is 6.81. The molecule has 0 N–H and O–H groups in total. The van der Waals surface area contributed by atoms with Crippen molar-refractivity contribution in [2.75, 3.05) is 0 Å². The third-order valence-electron chi connectivity index (χ3n) is 1.66. The number of hydrogen-bond donors (Lipinski definition) is 0. The molecule has 2 aromatic rings. The van der Waals surface area contributed by atoms with Crippen LogP contribution in [0.3, 0.4) is 0 Å². The van der Waals surface area contributed by atoms with Gasteiger partial charge in [0.2, 0.25) is 0 Å². The molecule has 2 rings (SSSR count). The van der Waals surface area contributed by atoms with Gasteiger partial charge in [-0.15, -0.1) is 0 Å². The highest BCUT2D eigenvalue weighted by molar-refractivity contribution is 5.60. The van der Waals surface area contributed by atoms with E-state index in [0.717, 1.165) is 11.5 Å².